The summed E-state index contributed by atoms with van der Waals surface area (Å²) in [4.78, 5) is 16.1. The lowest BCUT2D eigenvalue weighted by Gasteiger charge is -2.29. The van der Waals surface area contributed by atoms with Crippen LogP contribution in [0.4, 0.5) is 5.69 Å². The molecule has 0 aromatic heterocycles. The highest BCUT2D eigenvalue weighted by atomic mass is 16.5. The van der Waals surface area contributed by atoms with E-state index < -0.39 is 0 Å². The van der Waals surface area contributed by atoms with Gasteiger partial charge in [-0.25, -0.2) is 0 Å². The van der Waals surface area contributed by atoms with E-state index in [4.69, 9.17) is 4.74 Å². The predicted molar refractivity (Wildman–Crippen MR) is 85.5 cm³/mol. The van der Waals surface area contributed by atoms with Crippen molar-refractivity contribution in [3.8, 4) is 0 Å². The zero-order valence-electron chi connectivity index (χ0n) is 13.3. The molecule has 0 saturated carbocycles. The number of anilines is 1. The number of hydrogen-bond donors (Lipinski definition) is 0. The molecule has 4 nitrogen and oxygen atoms in total. The van der Waals surface area contributed by atoms with E-state index in [1.54, 1.807) is 18.9 Å². The molecule has 1 aromatic rings. The van der Waals surface area contributed by atoms with Crippen molar-refractivity contribution >= 4 is 11.6 Å². The van der Waals surface area contributed by atoms with E-state index in [1.807, 2.05) is 7.05 Å². The first-order chi connectivity index (χ1) is 10.1. The number of likely N-dealkylation sites (N-methyl/N-ethyl adjacent to an activating group) is 1. The molecule has 1 aromatic carbocycles. The van der Waals surface area contributed by atoms with Crippen molar-refractivity contribution in [2.75, 3.05) is 32.1 Å². The van der Waals surface area contributed by atoms with Crippen molar-refractivity contribution in [3.63, 3.8) is 0 Å². The van der Waals surface area contributed by atoms with Crippen LogP contribution in [0.5, 0.6) is 0 Å². The highest BCUT2D eigenvalue weighted by molar-refractivity contribution is 5.80. The second-order valence-corrected chi connectivity index (χ2v) is 5.79. The summed E-state index contributed by atoms with van der Waals surface area (Å²) in [6.45, 7) is 4.71. The highest BCUT2D eigenvalue weighted by Crippen LogP contribution is 2.20. The summed E-state index contributed by atoms with van der Waals surface area (Å²) in [5.74, 6) is 0.0117. The molecule has 21 heavy (non-hydrogen) atoms. The fraction of sp³-hybridized carbons (Fsp3) is 0.588. The van der Waals surface area contributed by atoms with Crippen LogP contribution in [0.15, 0.2) is 24.3 Å². The van der Waals surface area contributed by atoms with Crippen LogP contribution in [0.2, 0.25) is 0 Å². The van der Waals surface area contributed by atoms with Gasteiger partial charge in [-0.1, -0.05) is 12.1 Å². The molecule has 4 heteroatoms. The van der Waals surface area contributed by atoms with Gasteiger partial charge in [0.2, 0.25) is 0 Å². The van der Waals surface area contributed by atoms with Crippen LogP contribution in [-0.4, -0.2) is 44.2 Å². The van der Waals surface area contributed by atoms with Crippen molar-refractivity contribution in [1.82, 2.24) is 4.90 Å². The van der Waals surface area contributed by atoms with E-state index in [9.17, 15) is 4.79 Å². The van der Waals surface area contributed by atoms with E-state index in [2.05, 4.69) is 29.2 Å². The summed E-state index contributed by atoms with van der Waals surface area (Å²) in [7, 11) is 3.38. The first kappa shape index (κ1) is 15.8. The maximum atomic E-state index is 12.0. The quantitative estimate of drug-likeness (QED) is 0.836. The van der Waals surface area contributed by atoms with Crippen molar-refractivity contribution in [2.45, 2.75) is 38.8 Å². The number of carbonyl (C=O) groups is 1. The number of amides is 1. The summed E-state index contributed by atoms with van der Waals surface area (Å²) < 4.78 is 5.07. The first-order valence-electron chi connectivity index (χ1n) is 7.73. The number of carbonyl (C=O) groups excluding carboxylic acids is 1. The number of hydrogen-bond acceptors (Lipinski definition) is 3. The first-order valence-corrected chi connectivity index (χ1v) is 7.73. The molecular weight excluding hydrogens is 264 g/mol. The third kappa shape index (κ3) is 4.21. The Kier molecular flexibility index (Phi) is 5.62. The topological polar surface area (TPSA) is 32.8 Å². The molecule has 1 amide bonds. The third-order valence-corrected chi connectivity index (χ3v) is 4.15. The Morgan fingerprint density at radius 3 is 2.43 bits per heavy atom. The van der Waals surface area contributed by atoms with Crippen LogP contribution in [0.3, 0.4) is 0 Å². The maximum Gasteiger partial charge on any atom is 0.251 e. The number of benzene rings is 1. The number of piperidine rings is 1. The Labute approximate surface area is 127 Å². The number of nitrogens with zero attached hydrogens (tertiary/aromatic N) is 2. The zero-order chi connectivity index (χ0) is 15.2. The zero-order valence-corrected chi connectivity index (χ0v) is 13.3. The Morgan fingerprint density at radius 2 is 1.86 bits per heavy atom. The van der Waals surface area contributed by atoms with Crippen LogP contribution in [-0.2, 0) is 16.1 Å². The summed E-state index contributed by atoms with van der Waals surface area (Å²) in [6.07, 6.45) is 3.53. The molecule has 1 unspecified atom stereocenters. The Hall–Kier alpha value is -1.55. The van der Waals surface area contributed by atoms with E-state index in [0.29, 0.717) is 6.54 Å². The molecular formula is C17H26N2O2. The van der Waals surface area contributed by atoms with Gasteiger partial charge in [0.1, 0.15) is 6.10 Å². The van der Waals surface area contributed by atoms with Gasteiger partial charge in [-0.05, 0) is 43.9 Å². The lowest BCUT2D eigenvalue weighted by Crippen LogP contribution is -2.35. The SMILES string of the molecule is COC(C)C(=O)N(C)Cc1ccc(N2CCCCC2)cc1. The maximum absolute atomic E-state index is 12.0. The van der Waals surface area contributed by atoms with Gasteiger partial charge >= 0.3 is 0 Å². The predicted octanol–water partition coefficient (Wildman–Crippen LogP) is 2.67. The van der Waals surface area contributed by atoms with E-state index in [1.165, 1.54) is 24.9 Å². The molecule has 1 fully saturated rings. The van der Waals surface area contributed by atoms with Gasteiger partial charge in [0.15, 0.2) is 0 Å². The van der Waals surface area contributed by atoms with Crippen molar-refractivity contribution in [1.29, 1.82) is 0 Å². The van der Waals surface area contributed by atoms with Gasteiger partial charge in [0.05, 0.1) is 0 Å². The largest absolute Gasteiger partial charge is 0.372 e. The Morgan fingerprint density at radius 1 is 1.24 bits per heavy atom. The number of methoxy groups -OCH3 is 1. The number of ether oxygens (including phenoxy) is 1. The molecule has 0 N–H and O–H groups in total. The second-order valence-electron chi connectivity index (χ2n) is 5.79. The molecule has 0 radical (unpaired) electrons. The van der Waals surface area contributed by atoms with Gasteiger partial charge in [-0.15, -0.1) is 0 Å². The molecule has 116 valence electrons. The second kappa shape index (κ2) is 7.46. The van der Waals surface area contributed by atoms with Gasteiger partial charge in [-0.3, -0.25) is 4.79 Å². The lowest BCUT2D eigenvalue weighted by molar-refractivity contribution is -0.140. The fourth-order valence-corrected chi connectivity index (χ4v) is 2.73. The highest BCUT2D eigenvalue weighted by Gasteiger charge is 2.17. The molecule has 2 rings (SSSR count). The molecule has 1 atom stereocenters. The van der Waals surface area contributed by atoms with Crippen LogP contribution in [0.1, 0.15) is 31.7 Å². The molecule has 0 aliphatic carbocycles. The lowest BCUT2D eigenvalue weighted by atomic mass is 10.1. The minimum absolute atomic E-state index is 0.0117. The fourth-order valence-electron chi connectivity index (χ4n) is 2.73. The van der Waals surface area contributed by atoms with Gasteiger partial charge in [-0.2, -0.15) is 0 Å². The van der Waals surface area contributed by atoms with Crippen LogP contribution < -0.4 is 4.90 Å². The smallest absolute Gasteiger partial charge is 0.251 e. The van der Waals surface area contributed by atoms with E-state index in [0.717, 1.165) is 18.7 Å². The summed E-state index contributed by atoms with van der Waals surface area (Å²) in [5, 5.41) is 0. The summed E-state index contributed by atoms with van der Waals surface area (Å²) in [6, 6.07) is 8.56. The summed E-state index contributed by atoms with van der Waals surface area (Å²) >= 11 is 0. The van der Waals surface area contributed by atoms with E-state index >= 15 is 0 Å². The average Bonchev–Trinajstić information content (AvgIpc) is 2.54. The molecule has 0 spiro atoms. The van der Waals surface area contributed by atoms with Crippen molar-refractivity contribution < 1.29 is 9.53 Å². The molecule has 1 aliphatic rings. The minimum atomic E-state index is -0.386. The average molecular weight is 290 g/mol. The van der Waals surface area contributed by atoms with Crippen molar-refractivity contribution in [3.05, 3.63) is 29.8 Å². The molecule has 0 bridgehead atoms. The van der Waals surface area contributed by atoms with Gasteiger partial charge in [0, 0.05) is 39.5 Å². The summed E-state index contributed by atoms with van der Waals surface area (Å²) in [5.41, 5.74) is 2.44. The Bertz CT molecular complexity index is 452. The van der Waals surface area contributed by atoms with Crippen LogP contribution in [0, 0.1) is 0 Å². The Balaban J connectivity index is 1.94. The molecule has 1 saturated heterocycles. The van der Waals surface area contributed by atoms with E-state index in [-0.39, 0.29) is 12.0 Å². The third-order valence-electron chi connectivity index (χ3n) is 4.15. The molecule has 1 heterocycles. The normalized spacial score (nSPS) is 16.6. The van der Waals surface area contributed by atoms with Crippen molar-refractivity contribution in [2.24, 2.45) is 0 Å². The number of rotatable bonds is 5. The monoisotopic (exact) mass is 290 g/mol. The van der Waals surface area contributed by atoms with Gasteiger partial charge < -0.3 is 14.5 Å². The standard InChI is InChI=1S/C17H26N2O2/c1-14(21-3)17(20)18(2)13-15-7-9-16(10-8-15)19-11-5-4-6-12-19/h7-10,14H,4-6,11-13H2,1-3H3. The molecule has 1 aliphatic heterocycles. The van der Waals surface area contributed by atoms with Crippen LogP contribution in [0.25, 0.3) is 0 Å². The minimum Gasteiger partial charge on any atom is -0.372 e. The van der Waals surface area contributed by atoms with Crippen LogP contribution >= 0.6 is 0 Å². The van der Waals surface area contributed by atoms with Gasteiger partial charge in [0.25, 0.3) is 5.91 Å².